The van der Waals surface area contributed by atoms with Gasteiger partial charge in [0, 0.05) is 64.1 Å². The number of likely N-dealkylation sites (N-methyl/N-ethyl adjacent to an activating group) is 1. The van der Waals surface area contributed by atoms with Crippen LogP contribution >= 0.6 is 24.0 Å². The number of hydrogen-bond acceptors (Lipinski definition) is 5. The minimum absolute atomic E-state index is 0. The lowest BCUT2D eigenvalue weighted by atomic mass is 10.2. The van der Waals surface area contributed by atoms with Crippen molar-refractivity contribution in [2.75, 3.05) is 57.8 Å². The molecule has 3 aliphatic rings. The summed E-state index contributed by atoms with van der Waals surface area (Å²) in [6, 6.07) is 5.64. The fraction of sp³-hybridized carbons (Fsp3) is 0.739. The van der Waals surface area contributed by atoms with E-state index in [4.69, 9.17) is 9.98 Å². The van der Waals surface area contributed by atoms with Gasteiger partial charge in [0.25, 0.3) is 0 Å². The number of hydrogen-bond donors (Lipinski definition) is 2. The third-order valence-electron chi connectivity index (χ3n) is 6.80. The van der Waals surface area contributed by atoms with Crippen LogP contribution in [-0.4, -0.2) is 85.7 Å². The first kappa shape index (κ1) is 24.5. The zero-order valence-corrected chi connectivity index (χ0v) is 21.6. The van der Waals surface area contributed by atoms with Crippen molar-refractivity contribution in [2.45, 2.75) is 57.7 Å². The molecule has 0 aromatic carbocycles. The molecule has 1 aromatic rings. The summed E-state index contributed by atoms with van der Waals surface area (Å²) >= 11 is 0. The van der Waals surface area contributed by atoms with E-state index in [1.165, 1.54) is 38.6 Å². The molecule has 1 aliphatic carbocycles. The highest BCUT2D eigenvalue weighted by molar-refractivity contribution is 14.0. The van der Waals surface area contributed by atoms with E-state index in [9.17, 15) is 0 Å². The number of likely N-dealkylation sites (tertiary alicyclic amines) is 1. The van der Waals surface area contributed by atoms with Gasteiger partial charge in [-0.15, -0.1) is 24.0 Å². The minimum Gasteiger partial charge on any atom is -0.357 e. The molecule has 0 amide bonds. The van der Waals surface area contributed by atoms with Crippen LogP contribution in [0.4, 0.5) is 5.82 Å². The number of anilines is 1. The molecule has 4 rings (SSSR count). The van der Waals surface area contributed by atoms with Gasteiger partial charge in [-0.3, -0.25) is 4.90 Å². The summed E-state index contributed by atoms with van der Waals surface area (Å²) in [5, 5.41) is 7.09. The van der Waals surface area contributed by atoms with E-state index < -0.39 is 0 Å². The lowest BCUT2D eigenvalue weighted by Crippen LogP contribution is -2.45. The SMILES string of the molecule is CCNC(=NCc1ccc(N2CCN(C)CC2)nc1)NC1CCN(C2CCCC2)C1.I. The van der Waals surface area contributed by atoms with Crippen LogP contribution in [0.1, 0.15) is 44.6 Å². The molecular weight excluding hydrogens is 501 g/mol. The summed E-state index contributed by atoms with van der Waals surface area (Å²) in [6.07, 6.45) is 8.78. The molecule has 1 aromatic heterocycles. The highest BCUT2D eigenvalue weighted by atomic mass is 127. The normalized spacial score (nSPS) is 23.7. The van der Waals surface area contributed by atoms with Crippen LogP contribution < -0.4 is 15.5 Å². The maximum Gasteiger partial charge on any atom is 0.191 e. The van der Waals surface area contributed by atoms with Crippen molar-refractivity contribution < 1.29 is 0 Å². The summed E-state index contributed by atoms with van der Waals surface area (Å²) in [4.78, 5) is 17.0. The number of nitrogens with one attached hydrogen (secondary N) is 2. The quantitative estimate of drug-likeness (QED) is 0.328. The molecule has 3 fully saturated rings. The van der Waals surface area contributed by atoms with Gasteiger partial charge in [0.1, 0.15) is 5.82 Å². The summed E-state index contributed by atoms with van der Waals surface area (Å²) in [6.45, 7) is 10.3. The van der Waals surface area contributed by atoms with Gasteiger partial charge >= 0.3 is 0 Å². The van der Waals surface area contributed by atoms with Crippen LogP contribution in [0, 0.1) is 0 Å². The minimum atomic E-state index is 0. The molecule has 7 nitrogen and oxygen atoms in total. The molecule has 0 spiro atoms. The van der Waals surface area contributed by atoms with Crippen LogP contribution in [0.2, 0.25) is 0 Å². The van der Waals surface area contributed by atoms with Crippen LogP contribution in [0.5, 0.6) is 0 Å². The molecule has 1 unspecified atom stereocenters. The zero-order valence-electron chi connectivity index (χ0n) is 19.2. The van der Waals surface area contributed by atoms with Crippen LogP contribution in [0.25, 0.3) is 0 Å². The van der Waals surface area contributed by atoms with Gasteiger partial charge in [-0.25, -0.2) is 9.98 Å². The van der Waals surface area contributed by atoms with E-state index in [2.05, 4.69) is 51.4 Å². The highest BCUT2D eigenvalue weighted by Gasteiger charge is 2.30. The highest BCUT2D eigenvalue weighted by Crippen LogP contribution is 2.26. The number of nitrogens with zero attached hydrogens (tertiary/aromatic N) is 5. The first-order valence-electron chi connectivity index (χ1n) is 11.9. The van der Waals surface area contributed by atoms with Crippen molar-refractivity contribution in [3.63, 3.8) is 0 Å². The largest absolute Gasteiger partial charge is 0.357 e. The van der Waals surface area contributed by atoms with E-state index in [0.29, 0.717) is 12.6 Å². The second-order valence-corrected chi connectivity index (χ2v) is 9.07. The molecular formula is C23H40IN7. The fourth-order valence-corrected chi connectivity index (χ4v) is 4.92. The van der Waals surface area contributed by atoms with Crippen molar-refractivity contribution in [1.82, 2.24) is 25.4 Å². The Kier molecular flexibility index (Phi) is 9.65. The molecule has 2 saturated heterocycles. The molecule has 3 heterocycles. The maximum absolute atomic E-state index is 4.84. The Labute approximate surface area is 205 Å². The van der Waals surface area contributed by atoms with E-state index in [-0.39, 0.29) is 24.0 Å². The number of aromatic nitrogens is 1. The Bertz CT molecular complexity index is 682. The standard InChI is InChI=1S/C23H39N7.HI/c1-3-24-23(27-20-10-11-30(18-20)21-6-4-5-7-21)26-17-19-8-9-22(25-16-19)29-14-12-28(2)13-15-29;/h8-9,16,20-21H,3-7,10-15,17-18H2,1-2H3,(H2,24,26,27);1H. The summed E-state index contributed by atoms with van der Waals surface area (Å²) in [7, 11) is 2.18. The summed E-state index contributed by atoms with van der Waals surface area (Å²) < 4.78 is 0. The van der Waals surface area contributed by atoms with Crippen molar-refractivity contribution in [2.24, 2.45) is 4.99 Å². The van der Waals surface area contributed by atoms with Crippen LogP contribution in [-0.2, 0) is 6.54 Å². The number of pyridine rings is 1. The molecule has 0 bridgehead atoms. The van der Waals surface area contributed by atoms with Gasteiger partial charge in [-0.05, 0) is 44.9 Å². The predicted molar refractivity (Wildman–Crippen MR) is 140 cm³/mol. The molecule has 31 heavy (non-hydrogen) atoms. The van der Waals surface area contributed by atoms with Gasteiger partial charge in [-0.1, -0.05) is 18.9 Å². The Morgan fingerprint density at radius 1 is 1.10 bits per heavy atom. The Morgan fingerprint density at radius 2 is 1.87 bits per heavy atom. The van der Waals surface area contributed by atoms with E-state index >= 15 is 0 Å². The Balaban J connectivity index is 0.00000272. The van der Waals surface area contributed by atoms with E-state index in [1.54, 1.807) is 0 Å². The number of guanidine groups is 1. The summed E-state index contributed by atoms with van der Waals surface area (Å²) in [5.41, 5.74) is 1.16. The smallest absolute Gasteiger partial charge is 0.191 e. The lowest BCUT2D eigenvalue weighted by Gasteiger charge is -2.33. The number of aliphatic imine (C=N–C) groups is 1. The van der Waals surface area contributed by atoms with Crippen molar-refractivity contribution in [3.05, 3.63) is 23.9 Å². The maximum atomic E-state index is 4.84. The molecule has 2 aliphatic heterocycles. The van der Waals surface area contributed by atoms with Crippen LogP contribution in [0.3, 0.4) is 0 Å². The summed E-state index contributed by atoms with van der Waals surface area (Å²) in [5.74, 6) is 2.01. The second kappa shape index (κ2) is 12.2. The van der Waals surface area contributed by atoms with Crippen molar-refractivity contribution >= 4 is 35.8 Å². The first-order chi connectivity index (χ1) is 14.7. The number of halogens is 1. The van der Waals surface area contributed by atoms with Crippen molar-refractivity contribution in [1.29, 1.82) is 0 Å². The van der Waals surface area contributed by atoms with Gasteiger partial charge in [0.15, 0.2) is 5.96 Å². The monoisotopic (exact) mass is 541 g/mol. The van der Waals surface area contributed by atoms with E-state index in [0.717, 1.165) is 62.7 Å². The third-order valence-corrected chi connectivity index (χ3v) is 6.80. The molecule has 1 atom stereocenters. The lowest BCUT2D eigenvalue weighted by molar-refractivity contribution is 0.242. The second-order valence-electron chi connectivity index (χ2n) is 9.07. The van der Waals surface area contributed by atoms with Gasteiger partial charge < -0.3 is 20.4 Å². The average Bonchev–Trinajstić information content (AvgIpc) is 3.45. The van der Waals surface area contributed by atoms with Gasteiger partial charge in [0.05, 0.1) is 6.54 Å². The molecule has 1 saturated carbocycles. The number of rotatable bonds is 6. The third kappa shape index (κ3) is 6.92. The first-order valence-corrected chi connectivity index (χ1v) is 11.9. The average molecular weight is 542 g/mol. The Hall–Kier alpha value is -1.13. The molecule has 0 radical (unpaired) electrons. The molecule has 2 N–H and O–H groups in total. The van der Waals surface area contributed by atoms with Gasteiger partial charge in [0.2, 0.25) is 0 Å². The zero-order chi connectivity index (χ0) is 20.8. The topological polar surface area (TPSA) is 59.0 Å². The van der Waals surface area contributed by atoms with E-state index in [1.807, 2.05) is 6.20 Å². The number of piperazine rings is 1. The van der Waals surface area contributed by atoms with Gasteiger partial charge in [-0.2, -0.15) is 0 Å². The molecule has 8 heteroatoms. The predicted octanol–water partition coefficient (Wildman–Crippen LogP) is 2.52. The fourth-order valence-electron chi connectivity index (χ4n) is 4.92. The van der Waals surface area contributed by atoms with Crippen LogP contribution in [0.15, 0.2) is 23.3 Å². The van der Waals surface area contributed by atoms with Crippen molar-refractivity contribution in [3.8, 4) is 0 Å². The Morgan fingerprint density at radius 3 is 2.55 bits per heavy atom. The molecule has 174 valence electrons.